The third-order valence-corrected chi connectivity index (χ3v) is 9.35. The van der Waals surface area contributed by atoms with Crippen LogP contribution in [0.1, 0.15) is 22.8 Å². The smallest absolute Gasteiger partial charge is 0.351 e. The normalized spacial score (nSPS) is 12.6. The molecule has 5 aromatic rings. The number of fused-ring (bicyclic) bond motifs is 1. The highest BCUT2D eigenvalue weighted by Gasteiger charge is 2.21. The number of hydrogen-bond donors (Lipinski definition) is 6. The molecule has 0 fully saturated rings. The number of H-pyrrole nitrogens is 1. The van der Waals surface area contributed by atoms with Gasteiger partial charge < -0.3 is 20.5 Å². The largest absolute Gasteiger partial charge is 0.499 e. The summed E-state index contributed by atoms with van der Waals surface area (Å²) < 4.78 is 72.8. The van der Waals surface area contributed by atoms with Crippen LogP contribution in [0.2, 0.25) is 0 Å². The third kappa shape index (κ3) is 10.6. The number of azo groups is 2. The maximum Gasteiger partial charge on any atom is 0.351 e. The molecule has 21 heteroatoms. The lowest BCUT2D eigenvalue weighted by Gasteiger charge is -2.11. The summed E-state index contributed by atoms with van der Waals surface area (Å²) in [6, 6.07) is 18.2. The number of nitrogens with one attached hydrogen (secondary N) is 3. The van der Waals surface area contributed by atoms with Gasteiger partial charge in [-0.1, -0.05) is 36.9 Å². The van der Waals surface area contributed by atoms with Gasteiger partial charge in [0.25, 0.3) is 20.2 Å². The molecule has 4 aromatic carbocycles. The quantitative estimate of drug-likeness (QED) is 0.0279. The summed E-state index contributed by atoms with van der Waals surface area (Å²) >= 11 is 0. The van der Waals surface area contributed by atoms with Gasteiger partial charge in [0.05, 0.1) is 41.1 Å². The number of benzene rings is 4. The van der Waals surface area contributed by atoms with Crippen LogP contribution in [0.15, 0.2) is 150 Å². The van der Waals surface area contributed by atoms with E-state index in [1.165, 1.54) is 43.5 Å². The van der Waals surface area contributed by atoms with Gasteiger partial charge in [-0.05, 0) is 73.2 Å². The molecule has 0 saturated carbocycles. The maximum atomic E-state index is 12.4. The van der Waals surface area contributed by atoms with Gasteiger partial charge in [-0.15, -0.1) is 0 Å². The Labute approximate surface area is 318 Å². The zero-order valence-electron chi connectivity index (χ0n) is 29.3. The highest BCUT2D eigenvalue weighted by molar-refractivity contribution is 7.86. The average Bonchev–Trinajstić information content (AvgIpc) is 3.15. The van der Waals surface area contributed by atoms with Crippen LogP contribution in [-0.2, 0) is 31.5 Å². The molecule has 0 amide bonds. The van der Waals surface area contributed by atoms with Gasteiger partial charge in [-0.2, -0.15) is 47.3 Å². The fourth-order valence-corrected chi connectivity index (χ4v) is 6.25. The summed E-state index contributed by atoms with van der Waals surface area (Å²) in [6.07, 6.45) is 3.07. The minimum Gasteiger partial charge on any atom is -0.499 e. The number of nitrogens with zero attached hydrogens (tertiary/aromatic N) is 6. The van der Waals surface area contributed by atoms with Crippen molar-refractivity contribution < 1.29 is 40.6 Å². The first-order valence-corrected chi connectivity index (χ1v) is 18.8. The van der Waals surface area contributed by atoms with E-state index in [9.17, 15) is 35.5 Å². The van der Waals surface area contributed by atoms with Crippen molar-refractivity contribution in [2.45, 2.75) is 23.3 Å². The minimum atomic E-state index is -4.82. The van der Waals surface area contributed by atoms with E-state index in [0.717, 1.165) is 12.1 Å². The molecule has 0 aliphatic heterocycles. The predicted molar refractivity (Wildman–Crippen MR) is 204 cm³/mol. The number of ether oxygens (including phenoxy) is 1. The molecule has 0 radical (unpaired) electrons. The molecule has 0 bridgehead atoms. The number of methoxy groups -OCH3 is 1. The van der Waals surface area contributed by atoms with Crippen LogP contribution in [0.5, 0.6) is 0 Å². The van der Waals surface area contributed by atoms with E-state index in [0.29, 0.717) is 28.4 Å². The second-order valence-corrected chi connectivity index (χ2v) is 14.3. The first kappa shape index (κ1) is 40.2. The summed E-state index contributed by atoms with van der Waals surface area (Å²) in [5, 5.41) is 30.8. The Balaban J connectivity index is 1.27. The van der Waals surface area contributed by atoms with Crippen molar-refractivity contribution in [1.29, 1.82) is 0 Å². The molecule has 6 N–H and O–H groups in total. The molecule has 0 atom stereocenters. The zero-order chi connectivity index (χ0) is 40.6. The van der Waals surface area contributed by atoms with E-state index in [-0.39, 0.29) is 46.2 Å². The van der Waals surface area contributed by atoms with Crippen LogP contribution < -0.4 is 16.3 Å². The molecule has 0 saturated heterocycles. The Morgan fingerprint density at radius 1 is 0.857 bits per heavy atom. The molecule has 19 nitrogen and oxygen atoms in total. The molecule has 0 aliphatic carbocycles. The van der Waals surface area contributed by atoms with Gasteiger partial charge in [0.2, 0.25) is 11.9 Å². The molecule has 5 rings (SSSR count). The Bertz CT molecular complexity index is 2750. The average molecular weight is 802 g/mol. The van der Waals surface area contributed by atoms with E-state index in [4.69, 9.17) is 9.84 Å². The van der Waals surface area contributed by atoms with E-state index in [2.05, 4.69) is 52.6 Å². The molecule has 56 heavy (non-hydrogen) atoms. The predicted octanol–water partition coefficient (Wildman–Crippen LogP) is 6.68. The van der Waals surface area contributed by atoms with Crippen LogP contribution in [0, 0.1) is 0 Å². The molecule has 1 heterocycles. The number of carboxylic acid groups (broad SMARTS) is 1. The number of allylic oxidation sites excluding steroid dienone is 3. The lowest BCUT2D eigenvalue weighted by molar-refractivity contribution is 0.0696. The summed E-state index contributed by atoms with van der Waals surface area (Å²) in [7, 11) is -8.13. The molecule has 1 aromatic heterocycles. The number of hydrogen-bond acceptors (Lipinski definition) is 15. The molecular formula is C35H31N9O10S2. The van der Waals surface area contributed by atoms with Crippen molar-refractivity contribution in [2.24, 2.45) is 20.5 Å². The fraction of sp³-hybridized carbons (Fsp3) is 0.0857. The van der Waals surface area contributed by atoms with Crippen molar-refractivity contribution >= 4 is 65.9 Å². The van der Waals surface area contributed by atoms with Crippen LogP contribution in [0.25, 0.3) is 10.8 Å². The molecule has 0 aliphatic rings. The van der Waals surface area contributed by atoms with Gasteiger partial charge in [0.1, 0.15) is 15.6 Å². The van der Waals surface area contributed by atoms with E-state index >= 15 is 0 Å². The lowest BCUT2D eigenvalue weighted by atomic mass is 10.1. The summed E-state index contributed by atoms with van der Waals surface area (Å²) in [5.41, 5.74) is 1.17. The highest BCUT2D eigenvalue weighted by atomic mass is 32.2. The molecular weight excluding hydrogens is 771 g/mol. The maximum absolute atomic E-state index is 12.4. The van der Waals surface area contributed by atoms with Crippen molar-refractivity contribution in [1.82, 2.24) is 15.0 Å². The van der Waals surface area contributed by atoms with Crippen LogP contribution in [0.3, 0.4) is 0 Å². The minimum absolute atomic E-state index is 0.0181. The first-order valence-electron chi connectivity index (χ1n) is 15.9. The summed E-state index contributed by atoms with van der Waals surface area (Å²) in [5.74, 6) is -0.685. The van der Waals surface area contributed by atoms with Crippen molar-refractivity contribution in [3.05, 3.63) is 136 Å². The first-order chi connectivity index (χ1) is 26.5. The number of carboxylic acids is 1. The number of aromatic carboxylic acids is 1. The van der Waals surface area contributed by atoms with E-state index in [1.54, 1.807) is 49.4 Å². The van der Waals surface area contributed by atoms with Gasteiger partial charge in [0.15, 0.2) is 0 Å². The zero-order valence-corrected chi connectivity index (χ0v) is 30.9. The fourth-order valence-electron chi connectivity index (χ4n) is 4.83. The Kier molecular flexibility index (Phi) is 12.2. The molecule has 0 spiro atoms. The SMILES string of the molecule is C=C(/C=C\C(Nc1nc(NCc2ccc(N=Nc3cc(S(=O)(=O)O)c4cccc(S(=O)(=O)O)c4c3)cc2)nc(=O)[nH]1)=C(/C)OC)N=Nc1cccc(C(=O)O)c1. The highest BCUT2D eigenvalue weighted by Crippen LogP contribution is 2.34. The molecule has 288 valence electrons. The molecule has 0 unspecified atom stereocenters. The van der Waals surface area contributed by atoms with Crippen molar-refractivity contribution in [2.75, 3.05) is 17.7 Å². The van der Waals surface area contributed by atoms with Gasteiger partial charge in [0, 0.05) is 17.3 Å². The van der Waals surface area contributed by atoms with Crippen LogP contribution in [-0.4, -0.2) is 59.1 Å². The Morgan fingerprint density at radius 3 is 2.23 bits per heavy atom. The van der Waals surface area contributed by atoms with Crippen LogP contribution in [0.4, 0.5) is 29.0 Å². The van der Waals surface area contributed by atoms with Gasteiger partial charge >= 0.3 is 11.7 Å². The number of anilines is 2. The van der Waals surface area contributed by atoms with Crippen LogP contribution >= 0.6 is 0 Å². The number of rotatable bonds is 15. The third-order valence-electron chi connectivity index (χ3n) is 7.54. The Hall–Kier alpha value is -6.94. The second kappa shape index (κ2) is 17.0. The Morgan fingerprint density at radius 2 is 1.55 bits per heavy atom. The standard InChI is InChI=1S/C35H31N9O10S2/c1-20(41-43-25-7-4-6-23(16-25)32(45)46)10-15-29(21(2)54-3)37-34-38-33(39-35(47)40-34)36-19-22-11-13-24(14-12-22)42-44-26-17-28-27(31(18-26)56(51,52)53)8-5-9-30(28)55(48,49)50/h4-18H,1,19H2,2-3H3,(H,45,46)(H,48,49,50)(H,51,52,53)(H3,36,37,38,39,40,47)/b15-10-,29-21-,43-41?,44-42?. The number of carbonyl (C=O) groups is 1. The lowest BCUT2D eigenvalue weighted by Crippen LogP contribution is -2.19. The van der Waals surface area contributed by atoms with Gasteiger partial charge in [-0.3, -0.25) is 14.1 Å². The summed E-state index contributed by atoms with van der Waals surface area (Å²) in [4.78, 5) is 33.1. The number of aromatic amines is 1. The monoisotopic (exact) mass is 801 g/mol. The van der Waals surface area contributed by atoms with Crippen molar-refractivity contribution in [3.63, 3.8) is 0 Å². The van der Waals surface area contributed by atoms with Crippen molar-refractivity contribution in [3.8, 4) is 0 Å². The van der Waals surface area contributed by atoms with E-state index in [1.807, 2.05) is 0 Å². The summed E-state index contributed by atoms with van der Waals surface area (Å²) in [6.45, 7) is 5.65. The number of aromatic nitrogens is 3. The van der Waals surface area contributed by atoms with E-state index < -0.39 is 41.7 Å². The van der Waals surface area contributed by atoms with Gasteiger partial charge in [-0.25, -0.2) is 9.59 Å². The second-order valence-electron chi connectivity index (χ2n) is 11.5. The topological polar surface area (TPSA) is 287 Å².